The third-order valence-corrected chi connectivity index (χ3v) is 5.06. The Hall–Kier alpha value is -1.71. The van der Waals surface area contributed by atoms with E-state index < -0.39 is 0 Å². The smallest absolute Gasteiger partial charge is 0.126 e. The number of benzene rings is 1. The Morgan fingerprint density at radius 3 is 2.57 bits per heavy atom. The third-order valence-electron chi connectivity index (χ3n) is 4.81. The highest BCUT2D eigenvalue weighted by molar-refractivity contribution is 6.30. The van der Waals surface area contributed by atoms with Crippen LogP contribution in [0.25, 0.3) is 0 Å². The van der Waals surface area contributed by atoms with Gasteiger partial charge in [0.2, 0.25) is 0 Å². The van der Waals surface area contributed by atoms with Crippen LogP contribution in [0.2, 0.25) is 5.02 Å². The number of aromatic nitrogens is 1. The van der Waals surface area contributed by atoms with Gasteiger partial charge in [0.15, 0.2) is 0 Å². The molecule has 0 bridgehead atoms. The predicted octanol–water partition coefficient (Wildman–Crippen LogP) is 4.19. The minimum atomic E-state index is -0.138. The first-order valence-corrected chi connectivity index (χ1v) is 8.31. The van der Waals surface area contributed by atoms with Gasteiger partial charge in [0.25, 0.3) is 0 Å². The molecule has 1 atom stereocenters. The van der Waals surface area contributed by atoms with E-state index in [2.05, 4.69) is 4.98 Å². The summed E-state index contributed by atoms with van der Waals surface area (Å²) in [5.74, 6) is -0.138. The van der Waals surface area contributed by atoms with Crippen molar-refractivity contribution in [3.05, 3.63) is 64.9 Å². The molecule has 1 aliphatic rings. The van der Waals surface area contributed by atoms with Crippen LogP contribution in [0.1, 0.15) is 30.5 Å². The molecule has 0 radical (unpaired) electrons. The number of carbonyl (C=O) groups excluding carboxylic acids is 1. The number of nitrogens with zero attached hydrogens (tertiary/aromatic N) is 1. The van der Waals surface area contributed by atoms with Crippen molar-refractivity contribution in [2.24, 2.45) is 5.92 Å². The van der Waals surface area contributed by atoms with Crippen molar-refractivity contribution in [1.29, 1.82) is 0 Å². The lowest BCUT2D eigenvalue weighted by atomic mass is 9.58. The van der Waals surface area contributed by atoms with Crippen molar-refractivity contribution in [3.63, 3.8) is 0 Å². The van der Waals surface area contributed by atoms with E-state index in [1.54, 1.807) is 6.20 Å². The molecule has 0 amide bonds. The summed E-state index contributed by atoms with van der Waals surface area (Å²) in [6, 6.07) is 13.6. The number of hydrogen-bond acceptors (Lipinski definition) is 3. The van der Waals surface area contributed by atoms with Crippen molar-refractivity contribution in [2.75, 3.05) is 6.61 Å². The Balaban J connectivity index is 1.68. The van der Waals surface area contributed by atoms with Gasteiger partial charge in [-0.1, -0.05) is 36.2 Å². The van der Waals surface area contributed by atoms with E-state index in [0.29, 0.717) is 13.2 Å². The van der Waals surface area contributed by atoms with E-state index in [-0.39, 0.29) is 11.3 Å². The molecule has 1 unspecified atom stereocenters. The molecule has 1 aromatic carbocycles. The summed E-state index contributed by atoms with van der Waals surface area (Å²) in [4.78, 5) is 15.9. The molecule has 1 heterocycles. The summed E-state index contributed by atoms with van der Waals surface area (Å²) >= 11 is 5.99. The van der Waals surface area contributed by atoms with E-state index in [9.17, 15) is 4.79 Å². The molecule has 1 aliphatic carbocycles. The molecule has 3 rings (SSSR count). The van der Waals surface area contributed by atoms with Crippen LogP contribution < -0.4 is 0 Å². The SMILES string of the molecule is O=CC(COCc1ccccn1)C1(c2ccc(Cl)cc2)CCC1. The number of ether oxygens (including phenoxy) is 1. The normalized spacial score (nSPS) is 17.3. The molecule has 120 valence electrons. The van der Waals surface area contributed by atoms with Crippen molar-refractivity contribution in [3.8, 4) is 0 Å². The lowest BCUT2D eigenvalue weighted by Crippen LogP contribution is -2.44. The zero-order chi connectivity index (χ0) is 16.1. The van der Waals surface area contributed by atoms with Crippen LogP contribution in [0, 0.1) is 5.92 Å². The second kappa shape index (κ2) is 7.24. The molecule has 23 heavy (non-hydrogen) atoms. The topological polar surface area (TPSA) is 39.2 Å². The lowest BCUT2D eigenvalue weighted by molar-refractivity contribution is -0.117. The second-order valence-corrected chi connectivity index (χ2v) is 6.53. The Kier molecular flexibility index (Phi) is 5.09. The molecule has 1 fully saturated rings. The number of carbonyl (C=O) groups is 1. The maximum absolute atomic E-state index is 11.7. The number of hydrogen-bond donors (Lipinski definition) is 0. The van der Waals surface area contributed by atoms with Gasteiger partial charge >= 0.3 is 0 Å². The Labute approximate surface area is 141 Å². The first kappa shape index (κ1) is 16.2. The minimum Gasteiger partial charge on any atom is -0.374 e. The van der Waals surface area contributed by atoms with Crippen molar-refractivity contribution >= 4 is 17.9 Å². The monoisotopic (exact) mass is 329 g/mol. The summed E-state index contributed by atoms with van der Waals surface area (Å²) in [6.07, 6.45) is 5.98. The maximum Gasteiger partial charge on any atom is 0.126 e. The molecular weight excluding hydrogens is 310 g/mol. The molecule has 0 saturated heterocycles. The average molecular weight is 330 g/mol. The molecule has 1 aromatic heterocycles. The Bertz CT molecular complexity index is 638. The van der Waals surface area contributed by atoms with Crippen molar-refractivity contribution in [1.82, 2.24) is 4.98 Å². The van der Waals surface area contributed by atoms with Crippen molar-refractivity contribution in [2.45, 2.75) is 31.3 Å². The van der Waals surface area contributed by atoms with E-state index in [4.69, 9.17) is 16.3 Å². The highest BCUT2D eigenvalue weighted by Gasteiger charge is 2.45. The fraction of sp³-hybridized carbons (Fsp3) is 0.368. The summed E-state index contributed by atoms with van der Waals surface area (Å²) in [5.41, 5.74) is 1.97. The lowest BCUT2D eigenvalue weighted by Gasteiger charge is -2.46. The largest absolute Gasteiger partial charge is 0.374 e. The van der Waals surface area contributed by atoms with Gasteiger partial charge in [-0.15, -0.1) is 0 Å². The molecule has 4 heteroatoms. The molecular formula is C19H20ClNO2. The fourth-order valence-corrected chi connectivity index (χ4v) is 3.44. The van der Waals surface area contributed by atoms with Crippen LogP contribution >= 0.6 is 11.6 Å². The van der Waals surface area contributed by atoms with Crippen LogP contribution in [0.4, 0.5) is 0 Å². The molecule has 0 aliphatic heterocycles. The third kappa shape index (κ3) is 3.46. The number of rotatable bonds is 7. The van der Waals surface area contributed by atoms with Gasteiger partial charge in [-0.05, 0) is 42.7 Å². The highest BCUT2D eigenvalue weighted by atomic mass is 35.5. The van der Waals surface area contributed by atoms with Crippen LogP contribution in [-0.4, -0.2) is 17.9 Å². The Morgan fingerprint density at radius 2 is 2.00 bits per heavy atom. The maximum atomic E-state index is 11.7. The standard InChI is InChI=1S/C19H20ClNO2/c20-17-7-5-15(6-8-17)19(9-3-10-19)16(12-22)13-23-14-18-4-1-2-11-21-18/h1-2,4-8,11-12,16H,3,9-10,13-14H2. The van der Waals surface area contributed by atoms with E-state index in [0.717, 1.165) is 36.3 Å². The van der Waals surface area contributed by atoms with Gasteiger partial charge in [-0.2, -0.15) is 0 Å². The fourth-order valence-electron chi connectivity index (χ4n) is 3.32. The quantitative estimate of drug-likeness (QED) is 0.715. The second-order valence-electron chi connectivity index (χ2n) is 6.10. The summed E-state index contributed by atoms with van der Waals surface area (Å²) in [7, 11) is 0. The number of pyridine rings is 1. The summed E-state index contributed by atoms with van der Waals surface area (Å²) in [5, 5.41) is 0.720. The molecule has 2 aromatic rings. The molecule has 0 spiro atoms. The first-order valence-electron chi connectivity index (χ1n) is 7.93. The van der Waals surface area contributed by atoms with Crippen LogP contribution in [0.5, 0.6) is 0 Å². The van der Waals surface area contributed by atoms with E-state index >= 15 is 0 Å². The predicted molar refractivity (Wildman–Crippen MR) is 90.4 cm³/mol. The van der Waals surface area contributed by atoms with Gasteiger partial charge in [0.05, 0.1) is 18.9 Å². The zero-order valence-corrected chi connectivity index (χ0v) is 13.7. The first-order chi connectivity index (χ1) is 11.2. The zero-order valence-electron chi connectivity index (χ0n) is 13.0. The molecule has 1 saturated carbocycles. The summed E-state index contributed by atoms with van der Waals surface area (Å²) < 4.78 is 5.78. The molecule has 3 nitrogen and oxygen atoms in total. The van der Waals surface area contributed by atoms with E-state index in [1.807, 2.05) is 42.5 Å². The van der Waals surface area contributed by atoms with Gasteiger partial charge in [-0.25, -0.2) is 0 Å². The highest BCUT2D eigenvalue weighted by Crippen LogP contribution is 2.49. The van der Waals surface area contributed by atoms with Gasteiger partial charge in [0, 0.05) is 22.6 Å². The van der Waals surface area contributed by atoms with Crippen LogP contribution in [-0.2, 0) is 21.6 Å². The van der Waals surface area contributed by atoms with Crippen LogP contribution in [0.15, 0.2) is 48.7 Å². The van der Waals surface area contributed by atoms with Crippen LogP contribution in [0.3, 0.4) is 0 Å². The van der Waals surface area contributed by atoms with E-state index in [1.165, 1.54) is 5.56 Å². The number of aldehydes is 1. The van der Waals surface area contributed by atoms with Gasteiger partial charge in [0.1, 0.15) is 6.29 Å². The van der Waals surface area contributed by atoms with Gasteiger partial charge < -0.3 is 9.53 Å². The summed E-state index contributed by atoms with van der Waals surface area (Å²) in [6.45, 7) is 0.852. The Morgan fingerprint density at radius 1 is 1.22 bits per heavy atom. The van der Waals surface area contributed by atoms with Crippen molar-refractivity contribution < 1.29 is 9.53 Å². The van der Waals surface area contributed by atoms with Gasteiger partial charge in [-0.3, -0.25) is 4.98 Å². The molecule has 0 N–H and O–H groups in total. The average Bonchev–Trinajstić information content (AvgIpc) is 2.55. The minimum absolute atomic E-state index is 0.101. The number of halogens is 1.